The third kappa shape index (κ3) is 5.91. The van der Waals surface area contributed by atoms with E-state index in [1.807, 2.05) is 61.1 Å². The van der Waals surface area contributed by atoms with Crippen molar-refractivity contribution in [2.75, 3.05) is 43.9 Å². The Labute approximate surface area is 247 Å². The van der Waals surface area contributed by atoms with Gasteiger partial charge in [0.25, 0.3) is 5.91 Å². The molecule has 8 heteroatoms. The molecule has 2 aromatic carbocycles. The maximum absolute atomic E-state index is 13.4. The zero-order valence-corrected chi connectivity index (χ0v) is 24.7. The highest BCUT2D eigenvalue weighted by Crippen LogP contribution is 2.32. The fourth-order valence-electron chi connectivity index (χ4n) is 5.45. The van der Waals surface area contributed by atoms with Crippen LogP contribution in [0.3, 0.4) is 0 Å². The van der Waals surface area contributed by atoms with Crippen molar-refractivity contribution in [3.05, 3.63) is 102 Å². The van der Waals surface area contributed by atoms with Gasteiger partial charge in [0, 0.05) is 86.2 Å². The molecule has 2 N–H and O–H groups in total. The number of pyridine rings is 2. The molecule has 0 radical (unpaired) electrons. The lowest BCUT2D eigenvalue weighted by atomic mass is 10.1. The van der Waals surface area contributed by atoms with Crippen LogP contribution < -0.4 is 10.6 Å². The molecule has 42 heavy (non-hydrogen) atoms. The lowest BCUT2D eigenvalue weighted by Gasteiger charge is -2.32. The van der Waals surface area contributed by atoms with Gasteiger partial charge in [-0.1, -0.05) is 12.1 Å². The number of likely N-dealkylation sites (N-methyl/N-ethyl adjacent to an activating group) is 1. The van der Waals surface area contributed by atoms with Crippen molar-refractivity contribution in [2.24, 2.45) is 7.05 Å². The number of aryl methyl sites for hydroxylation is 3. The number of nitrogens with zero attached hydrogens (tertiary/aromatic N) is 5. The summed E-state index contributed by atoms with van der Waals surface area (Å²) in [7, 11) is 4.17. The molecule has 0 spiro atoms. The van der Waals surface area contributed by atoms with Crippen molar-refractivity contribution in [3.63, 3.8) is 0 Å². The number of hydrogen-bond donors (Lipinski definition) is 2. The topological polar surface area (TPSA) is 78.3 Å². The van der Waals surface area contributed by atoms with Crippen molar-refractivity contribution in [1.29, 1.82) is 0 Å². The molecular weight excluding hydrogens is 522 g/mol. The second-order valence-corrected chi connectivity index (χ2v) is 11.3. The summed E-state index contributed by atoms with van der Waals surface area (Å²) in [6.45, 7) is 9.46. The summed E-state index contributed by atoms with van der Waals surface area (Å²) in [6.07, 6.45) is 5.55. The molecule has 4 heterocycles. The van der Waals surface area contributed by atoms with Gasteiger partial charge in [-0.25, -0.2) is 4.98 Å². The van der Waals surface area contributed by atoms with Gasteiger partial charge in [0.1, 0.15) is 5.65 Å². The van der Waals surface area contributed by atoms with E-state index >= 15 is 0 Å². The van der Waals surface area contributed by atoms with Gasteiger partial charge in [-0.05, 0) is 86.1 Å². The van der Waals surface area contributed by atoms with Crippen LogP contribution in [0.15, 0.2) is 79.3 Å². The molecule has 214 valence electrons. The van der Waals surface area contributed by atoms with Crippen LogP contribution in [-0.4, -0.2) is 63.5 Å². The van der Waals surface area contributed by atoms with Gasteiger partial charge in [0.2, 0.25) is 0 Å². The Morgan fingerprint density at radius 2 is 1.64 bits per heavy atom. The van der Waals surface area contributed by atoms with Crippen LogP contribution in [0.2, 0.25) is 0 Å². The summed E-state index contributed by atoms with van der Waals surface area (Å²) in [5, 5.41) is 7.71. The first-order valence-electron chi connectivity index (χ1n) is 14.4. The second kappa shape index (κ2) is 11.8. The maximum atomic E-state index is 13.4. The minimum Gasteiger partial charge on any atom is -0.355 e. The van der Waals surface area contributed by atoms with Crippen LogP contribution in [0.25, 0.3) is 22.3 Å². The molecule has 1 amide bonds. The number of fused-ring (bicyclic) bond motifs is 1. The van der Waals surface area contributed by atoms with E-state index in [0.29, 0.717) is 5.56 Å². The van der Waals surface area contributed by atoms with Crippen LogP contribution >= 0.6 is 0 Å². The van der Waals surface area contributed by atoms with Gasteiger partial charge in [-0.15, -0.1) is 0 Å². The lowest BCUT2D eigenvalue weighted by molar-refractivity contribution is 0.102. The predicted octanol–water partition coefficient (Wildman–Crippen LogP) is 6.00. The van der Waals surface area contributed by atoms with Gasteiger partial charge < -0.3 is 20.1 Å². The first-order valence-corrected chi connectivity index (χ1v) is 14.4. The third-order valence-corrected chi connectivity index (χ3v) is 8.17. The first-order chi connectivity index (χ1) is 20.3. The van der Waals surface area contributed by atoms with Crippen molar-refractivity contribution in [1.82, 2.24) is 24.3 Å². The van der Waals surface area contributed by atoms with E-state index in [4.69, 9.17) is 4.98 Å². The molecule has 1 aliphatic heterocycles. The van der Waals surface area contributed by atoms with Crippen LogP contribution in [-0.2, 0) is 13.6 Å². The van der Waals surface area contributed by atoms with Gasteiger partial charge >= 0.3 is 0 Å². The summed E-state index contributed by atoms with van der Waals surface area (Å²) in [6, 6.07) is 20.0. The minimum absolute atomic E-state index is 0.138. The maximum Gasteiger partial charge on any atom is 0.255 e. The summed E-state index contributed by atoms with van der Waals surface area (Å²) in [4.78, 5) is 27.3. The summed E-state index contributed by atoms with van der Waals surface area (Å²) >= 11 is 0. The zero-order valence-electron chi connectivity index (χ0n) is 24.7. The van der Waals surface area contributed by atoms with Gasteiger partial charge in [-0.2, -0.15) is 0 Å². The number of aromatic nitrogens is 3. The molecule has 1 aliphatic rings. The third-order valence-electron chi connectivity index (χ3n) is 8.17. The number of benzene rings is 2. The molecule has 6 rings (SSSR count). The Bertz CT molecular complexity index is 1740. The van der Waals surface area contributed by atoms with E-state index in [2.05, 4.69) is 63.7 Å². The quantitative estimate of drug-likeness (QED) is 0.255. The van der Waals surface area contributed by atoms with Crippen LogP contribution in [0.5, 0.6) is 0 Å². The average Bonchev–Trinajstić information content (AvgIpc) is 3.37. The zero-order chi connectivity index (χ0) is 29.2. The van der Waals surface area contributed by atoms with E-state index in [0.717, 1.165) is 77.6 Å². The molecule has 3 aromatic heterocycles. The molecule has 0 aliphatic carbocycles. The Morgan fingerprint density at radius 3 is 2.40 bits per heavy atom. The average molecular weight is 560 g/mol. The highest BCUT2D eigenvalue weighted by atomic mass is 16.1. The highest BCUT2D eigenvalue weighted by Gasteiger charge is 2.16. The summed E-state index contributed by atoms with van der Waals surface area (Å²) < 4.78 is 2.01. The van der Waals surface area contributed by atoms with E-state index in [9.17, 15) is 4.79 Å². The molecular formula is C34H37N7O. The summed E-state index contributed by atoms with van der Waals surface area (Å²) in [5.41, 5.74) is 9.46. The Kier molecular flexibility index (Phi) is 7.73. The molecule has 8 nitrogen and oxygen atoms in total. The Morgan fingerprint density at radius 1 is 0.857 bits per heavy atom. The van der Waals surface area contributed by atoms with Crippen molar-refractivity contribution >= 4 is 34.0 Å². The Balaban J connectivity index is 1.21. The van der Waals surface area contributed by atoms with Crippen LogP contribution in [0.4, 0.5) is 17.1 Å². The number of carbonyl (C=O) groups is 1. The van der Waals surface area contributed by atoms with Crippen molar-refractivity contribution < 1.29 is 4.79 Å². The predicted molar refractivity (Wildman–Crippen MR) is 170 cm³/mol. The fourth-order valence-corrected chi connectivity index (χ4v) is 5.45. The van der Waals surface area contributed by atoms with E-state index in [1.165, 1.54) is 11.1 Å². The van der Waals surface area contributed by atoms with E-state index in [-0.39, 0.29) is 5.91 Å². The molecule has 1 fully saturated rings. The molecule has 0 bridgehead atoms. The number of nitrogens with one attached hydrogen (secondary N) is 2. The normalized spacial score (nSPS) is 14.3. The largest absolute Gasteiger partial charge is 0.355 e. The summed E-state index contributed by atoms with van der Waals surface area (Å²) in [5.74, 6) is -0.138. The molecule has 0 atom stereocenters. The molecule has 0 unspecified atom stereocenters. The second-order valence-electron chi connectivity index (χ2n) is 11.3. The number of rotatable bonds is 7. The molecule has 0 saturated carbocycles. The minimum atomic E-state index is -0.138. The lowest BCUT2D eigenvalue weighted by Crippen LogP contribution is -2.43. The molecule has 1 saturated heterocycles. The van der Waals surface area contributed by atoms with Crippen molar-refractivity contribution in [3.8, 4) is 11.3 Å². The highest BCUT2D eigenvalue weighted by molar-refractivity contribution is 6.05. The SMILES string of the molecule is Cc1cc(NC(=O)c2ccc(C)c(Nc3cc(-c4ccncc4)nc4c3ccn4C)c2)ccc1CN1CCN(C)CC1. The smallest absolute Gasteiger partial charge is 0.255 e. The number of hydrogen-bond acceptors (Lipinski definition) is 6. The van der Waals surface area contributed by atoms with E-state index < -0.39 is 0 Å². The van der Waals surface area contributed by atoms with Gasteiger partial charge in [0.15, 0.2) is 0 Å². The monoisotopic (exact) mass is 559 g/mol. The standard InChI is InChI=1S/C34H37N7O/c1-23-5-6-26(34(42)36-28-8-7-27(24(2)19-28)22-41-17-15-39(3)16-18-41)20-30(23)37-32-21-31(25-9-12-35-13-10-25)38-33-29(32)11-14-40(33)4/h5-14,19-21H,15-18,22H2,1-4H3,(H,36,42)(H,37,38). The van der Waals surface area contributed by atoms with Crippen LogP contribution in [0, 0.1) is 13.8 Å². The van der Waals surface area contributed by atoms with E-state index in [1.54, 1.807) is 12.4 Å². The molecule has 5 aromatic rings. The number of piperazine rings is 1. The number of carbonyl (C=O) groups excluding carboxylic acids is 1. The van der Waals surface area contributed by atoms with Crippen LogP contribution in [0.1, 0.15) is 27.0 Å². The van der Waals surface area contributed by atoms with Crippen molar-refractivity contribution in [2.45, 2.75) is 20.4 Å². The first kappa shape index (κ1) is 27.6. The Hall–Kier alpha value is -4.53. The number of amides is 1. The number of anilines is 3. The van der Waals surface area contributed by atoms with Gasteiger partial charge in [0.05, 0.1) is 11.4 Å². The fraction of sp³-hybridized carbons (Fsp3) is 0.265. The van der Waals surface area contributed by atoms with Gasteiger partial charge in [-0.3, -0.25) is 14.7 Å².